The zero-order valence-electron chi connectivity index (χ0n) is 11.3. The van der Waals surface area contributed by atoms with Crippen molar-refractivity contribution >= 4 is 16.8 Å². The fourth-order valence-electron chi connectivity index (χ4n) is 2.71. The summed E-state index contributed by atoms with van der Waals surface area (Å²) in [6.07, 6.45) is 1.87. The minimum Gasteiger partial charge on any atom is -0.491 e. The highest BCUT2D eigenvalue weighted by atomic mass is 16.5. The highest BCUT2D eigenvalue weighted by Gasteiger charge is 2.25. The monoisotopic (exact) mass is 278 g/mol. The Kier molecular flexibility index (Phi) is 2.67. The molecule has 2 heterocycles. The molecule has 2 aromatic carbocycles. The van der Waals surface area contributed by atoms with Crippen molar-refractivity contribution in [1.82, 2.24) is 10.3 Å². The molecule has 1 atom stereocenters. The van der Waals surface area contributed by atoms with E-state index < -0.39 is 0 Å². The van der Waals surface area contributed by atoms with Gasteiger partial charge in [0.05, 0.1) is 6.04 Å². The minimum atomic E-state index is -0.0898. The summed E-state index contributed by atoms with van der Waals surface area (Å²) in [4.78, 5) is 15.5. The summed E-state index contributed by atoms with van der Waals surface area (Å²) in [6.45, 7) is 0.482. The van der Waals surface area contributed by atoms with Gasteiger partial charge in [-0.2, -0.15) is 0 Å². The Bertz CT molecular complexity index is 822. The predicted molar refractivity (Wildman–Crippen MR) is 80.4 cm³/mol. The average Bonchev–Trinajstić information content (AvgIpc) is 3.13. The number of carbonyl (C=O) groups is 1. The molecule has 0 saturated heterocycles. The van der Waals surface area contributed by atoms with Gasteiger partial charge in [-0.05, 0) is 29.7 Å². The number of para-hydroxylation sites is 1. The summed E-state index contributed by atoms with van der Waals surface area (Å²) in [5, 5.41) is 4.13. The van der Waals surface area contributed by atoms with Gasteiger partial charge in [-0.15, -0.1) is 0 Å². The van der Waals surface area contributed by atoms with Gasteiger partial charge < -0.3 is 15.0 Å². The number of benzene rings is 2. The van der Waals surface area contributed by atoms with Crippen molar-refractivity contribution in [3.05, 3.63) is 65.9 Å². The maximum atomic E-state index is 12.4. The second kappa shape index (κ2) is 4.66. The molecule has 4 heteroatoms. The molecule has 0 aliphatic carbocycles. The SMILES string of the molecule is O=C(NC1COc2ccccc21)c1ccc2cc[nH]c2c1. The van der Waals surface area contributed by atoms with Crippen molar-refractivity contribution in [2.75, 3.05) is 6.61 Å². The number of nitrogens with one attached hydrogen (secondary N) is 2. The van der Waals surface area contributed by atoms with Crippen LogP contribution in [0.2, 0.25) is 0 Å². The molecule has 4 nitrogen and oxygen atoms in total. The van der Waals surface area contributed by atoms with Crippen molar-refractivity contribution in [2.24, 2.45) is 0 Å². The standard InChI is InChI=1S/C17H14N2O2/c20-17(12-6-5-11-7-8-18-14(11)9-12)19-15-10-21-16-4-2-1-3-13(15)16/h1-9,15,18H,10H2,(H,19,20). The maximum Gasteiger partial charge on any atom is 0.251 e. The third-order valence-electron chi connectivity index (χ3n) is 3.82. The third-order valence-corrected chi connectivity index (χ3v) is 3.82. The zero-order valence-corrected chi connectivity index (χ0v) is 11.3. The van der Waals surface area contributed by atoms with Crippen LogP contribution < -0.4 is 10.1 Å². The summed E-state index contributed by atoms with van der Waals surface area (Å²) in [6, 6.07) is 15.3. The topological polar surface area (TPSA) is 54.1 Å². The number of rotatable bonds is 2. The number of fused-ring (bicyclic) bond motifs is 2. The van der Waals surface area contributed by atoms with E-state index in [4.69, 9.17) is 4.74 Å². The molecule has 4 rings (SSSR count). The average molecular weight is 278 g/mol. The first-order valence-corrected chi connectivity index (χ1v) is 6.91. The van der Waals surface area contributed by atoms with Gasteiger partial charge in [0.15, 0.2) is 0 Å². The van der Waals surface area contributed by atoms with E-state index in [-0.39, 0.29) is 11.9 Å². The Hall–Kier alpha value is -2.75. The summed E-state index contributed by atoms with van der Waals surface area (Å²) in [5.74, 6) is 0.763. The van der Waals surface area contributed by atoms with Crippen molar-refractivity contribution < 1.29 is 9.53 Å². The smallest absolute Gasteiger partial charge is 0.251 e. The zero-order chi connectivity index (χ0) is 14.2. The molecule has 2 N–H and O–H groups in total. The van der Waals surface area contributed by atoms with Crippen LogP contribution >= 0.6 is 0 Å². The van der Waals surface area contributed by atoms with E-state index in [1.54, 1.807) is 0 Å². The van der Waals surface area contributed by atoms with Gasteiger partial charge in [0.2, 0.25) is 0 Å². The van der Waals surface area contributed by atoms with Gasteiger partial charge in [0, 0.05) is 22.8 Å². The summed E-state index contributed by atoms with van der Waals surface area (Å²) < 4.78 is 5.58. The Morgan fingerprint density at radius 2 is 2.10 bits per heavy atom. The summed E-state index contributed by atoms with van der Waals surface area (Å²) >= 11 is 0. The lowest BCUT2D eigenvalue weighted by Crippen LogP contribution is -2.29. The van der Waals surface area contributed by atoms with Gasteiger partial charge in [-0.25, -0.2) is 0 Å². The fourth-order valence-corrected chi connectivity index (χ4v) is 2.71. The highest BCUT2D eigenvalue weighted by Crippen LogP contribution is 2.31. The van der Waals surface area contributed by atoms with Gasteiger partial charge in [-0.3, -0.25) is 4.79 Å². The molecule has 1 aliphatic rings. The van der Waals surface area contributed by atoms with E-state index in [2.05, 4.69) is 10.3 Å². The molecule has 1 amide bonds. The Balaban J connectivity index is 1.58. The van der Waals surface area contributed by atoms with Crippen LogP contribution in [-0.4, -0.2) is 17.5 Å². The summed E-state index contributed by atoms with van der Waals surface area (Å²) in [7, 11) is 0. The van der Waals surface area contributed by atoms with Crippen LogP contribution in [0.25, 0.3) is 10.9 Å². The normalized spacial score (nSPS) is 16.5. The van der Waals surface area contributed by atoms with Crippen LogP contribution in [0.5, 0.6) is 5.75 Å². The lowest BCUT2D eigenvalue weighted by atomic mass is 10.1. The van der Waals surface area contributed by atoms with Crippen LogP contribution in [0.15, 0.2) is 54.7 Å². The Morgan fingerprint density at radius 3 is 3.05 bits per heavy atom. The van der Waals surface area contributed by atoms with Crippen molar-refractivity contribution in [3.8, 4) is 5.75 Å². The van der Waals surface area contributed by atoms with Gasteiger partial charge >= 0.3 is 0 Å². The number of carbonyl (C=O) groups excluding carboxylic acids is 1. The molecule has 0 spiro atoms. The molecule has 1 aromatic heterocycles. The number of aromatic amines is 1. The number of aromatic nitrogens is 1. The number of hydrogen-bond acceptors (Lipinski definition) is 2. The molecule has 104 valence electrons. The molecule has 0 fully saturated rings. The predicted octanol–water partition coefficient (Wildman–Crippen LogP) is 3.03. The molecular weight excluding hydrogens is 264 g/mol. The minimum absolute atomic E-state index is 0.0863. The van der Waals surface area contributed by atoms with Gasteiger partial charge in [0.25, 0.3) is 5.91 Å². The second-order valence-corrected chi connectivity index (χ2v) is 5.15. The van der Waals surface area contributed by atoms with E-state index in [0.29, 0.717) is 12.2 Å². The molecular formula is C17H14N2O2. The quantitative estimate of drug-likeness (QED) is 0.757. The van der Waals surface area contributed by atoms with Gasteiger partial charge in [-0.1, -0.05) is 24.3 Å². The first kappa shape index (κ1) is 12.0. The van der Waals surface area contributed by atoms with E-state index >= 15 is 0 Å². The molecule has 0 bridgehead atoms. The van der Waals surface area contributed by atoms with E-state index in [1.165, 1.54) is 0 Å². The molecule has 0 radical (unpaired) electrons. The van der Waals surface area contributed by atoms with E-state index in [1.807, 2.05) is 54.7 Å². The molecule has 1 aliphatic heterocycles. The highest BCUT2D eigenvalue weighted by molar-refractivity contribution is 5.98. The molecule has 1 unspecified atom stereocenters. The van der Waals surface area contributed by atoms with Crippen molar-refractivity contribution in [3.63, 3.8) is 0 Å². The lowest BCUT2D eigenvalue weighted by molar-refractivity contribution is 0.0930. The number of H-pyrrole nitrogens is 1. The van der Waals surface area contributed by atoms with E-state index in [0.717, 1.165) is 22.2 Å². The fraction of sp³-hybridized carbons (Fsp3) is 0.118. The van der Waals surface area contributed by atoms with E-state index in [9.17, 15) is 4.79 Å². The Labute approximate surface area is 121 Å². The Morgan fingerprint density at radius 1 is 1.19 bits per heavy atom. The number of hydrogen-bond donors (Lipinski definition) is 2. The second-order valence-electron chi connectivity index (χ2n) is 5.15. The van der Waals surface area contributed by atoms with Gasteiger partial charge in [0.1, 0.15) is 12.4 Å². The number of ether oxygens (including phenoxy) is 1. The van der Waals surface area contributed by atoms with Crippen LogP contribution in [0.4, 0.5) is 0 Å². The van der Waals surface area contributed by atoms with Crippen LogP contribution in [0.1, 0.15) is 22.0 Å². The third kappa shape index (κ3) is 2.05. The largest absolute Gasteiger partial charge is 0.491 e. The first-order valence-electron chi connectivity index (χ1n) is 6.91. The first-order chi connectivity index (χ1) is 10.3. The lowest BCUT2D eigenvalue weighted by Gasteiger charge is -2.11. The van der Waals surface area contributed by atoms with Crippen LogP contribution in [0.3, 0.4) is 0 Å². The molecule has 0 saturated carbocycles. The van der Waals surface area contributed by atoms with Crippen LogP contribution in [0, 0.1) is 0 Å². The molecule has 3 aromatic rings. The molecule has 21 heavy (non-hydrogen) atoms. The van der Waals surface area contributed by atoms with Crippen molar-refractivity contribution in [2.45, 2.75) is 6.04 Å². The van der Waals surface area contributed by atoms with Crippen molar-refractivity contribution in [1.29, 1.82) is 0 Å². The maximum absolute atomic E-state index is 12.4. The summed E-state index contributed by atoms with van der Waals surface area (Å²) in [5.41, 5.74) is 2.65. The van der Waals surface area contributed by atoms with Crippen LogP contribution in [-0.2, 0) is 0 Å². The number of amides is 1.